The molecule has 20 heavy (non-hydrogen) atoms. The number of H-pyrrole nitrogens is 1. The van der Waals surface area contributed by atoms with Gasteiger partial charge in [0.1, 0.15) is 6.79 Å². The van der Waals surface area contributed by atoms with E-state index in [4.69, 9.17) is 9.47 Å². The van der Waals surface area contributed by atoms with Crippen LogP contribution in [0.15, 0.2) is 47.3 Å². The number of nitrogens with one attached hydrogen (secondary N) is 1. The molecule has 1 aromatic heterocycles. The van der Waals surface area contributed by atoms with Crippen molar-refractivity contribution in [1.82, 2.24) is 4.98 Å². The Morgan fingerprint density at radius 1 is 1.05 bits per heavy atom. The van der Waals surface area contributed by atoms with E-state index < -0.39 is 0 Å². The van der Waals surface area contributed by atoms with Crippen LogP contribution in [-0.4, -0.2) is 18.9 Å². The molecule has 0 aliphatic carbocycles. The average Bonchev–Trinajstić information content (AvgIpc) is 2.48. The molecule has 0 bridgehead atoms. The minimum Gasteiger partial charge on any atom is -0.359 e. The molecule has 4 heteroatoms. The van der Waals surface area contributed by atoms with Crippen LogP contribution in [0.3, 0.4) is 0 Å². The van der Waals surface area contributed by atoms with Gasteiger partial charge in [-0.3, -0.25) is 4.79 Å². The first kappa shape index (κ1) is 12.8. The Kier molecular flexibility index (Phi) is 3.50. The summed E-state index contributed by atoms with van der Waals surface area (Å²) in [6.07, 6.45) is 0. The SMILES string of the molecule is COCOCc1cccc2[nH]c3ccccc3c(=O)c12. The van der Waals surface area contributed by atoms with Crippen LogP contribution in [0.2, 0.25) is 0 Å². The second kappa shape index (κ2) is 5.45. The number of aromatic nitrogens is 1. The maximum atomic E-state index is 12.6. The van der Waals surface area contributed by atoms with Gasteiger partial charge in [0.15, 0.2) is 5.43 Å². The fourth-order valence-corrected chi connectivity index (χ4v) is 2.40. The molecule has 4 nitrogen and oxygen atoms in total. The molecule has 0 aliphatic heterocycles. The van der Waals surface area contributed by atoms with Crippen molar-refractivity contribution >= 4 is 21.8 Å². The molecule has 0 saturated heterocycles. The molecular weight excluding hydrogens is 254 g/mol. The average molecular weight is 269 g/mol. The zero-order chi connectivity index (χ0) is 13.9. The molecule has 0 amide bonds. The Labute approximate surface area is 115 Å². The van der Waals surface area contributed by atoms with Crippen LogP contribution in [0.25, 0.3) is 21.8 Å². The molecule has 0 unspecified atom stereocenters. The number of rotatable bonds is 4. The third-order valence-corrected chi connectivity index (χ3v) is 3.28. The normalized spacial score (nSPS) is 11.2. The molecule has 0 fully saturated rings. The molecule has 3 rings (SSSR count). The van der Waals surface area contributed by atoms with E-state index in [0.29, 0.717) is 17.4 Å². The molecule has 0 saturated carbocycles. The predicted molar refractivity (Wildman–Crippen MR) is 78.7 cm³/mol. The Morgan fingerprint density at radius 3 is 2.70 bits per heavy atom. The first-order valence-corrected chi connectivity index (χ1v) is 6.40. The second-order valence-corrected chi connectivity index (χ2v) is 4.59. The van der Waals surface area contributed by atoms with Gasteiger partial charge in [0.2, 0.25) is 0 Å². The molecule has 3 aromatic rings. The zero-order valence-electron chi connectivity index (χ0n) is 11.2. The van der Waals surface area contributed by atoms with Crippen molar-refractivity contribution in [1.29, 1.82) is 0 Å². The standard InChI is InChI=1S/C16H15NO3/c1-19-10-20-9-11-5-4-8-14-15(11)16(18)12-6-2-3-7-13(12)17-14/h2-8H,9-10H2,1H3,(H,17,18). The Hall–Kier alpha value is -2.17. The van der Waals surface area contributed by atoms with Crippen LogP contribution < -0.4 is 5.43 Å². The Morgan fingerprint density at radius 2 is 1.85 bits per heavy atom. The minimum absolute atomic E-state index is 0.0333. The van der Waals surface area contributed by atoms with Gasteiger partial charge in [-0.1, -0.05) is 24.3 Å². The van der Waals surface area contributed by atoms with E-state index in [1.54, 1.807) is 7.11 Å². The third-order valence-electron chi connectivity index (χ3n) is 3.28. The van der Waals surface area contributed by atoms with Gasteiger partial charge in [-0.05, 0) is 23.8 Å². The third kappa shape index (κ3) is 2.19. The molecule has 0 aliphatic rings. The minimum atomic E-state index is 0.0333. The largest absolute Gasteiger partial charge is 0.359 e. The molecule has 0 radical (unpaired) electrons. The molecule has 1 N–H and O–H groups in total. The molecule has 0 spiro atoms. The lowest BCUT2D eigenvalue weighted by atomic mass is 10.1. The number of benzene rings is 2. The van der Waals surface area contributed by atoms with Crippen molar-refractivity contribution in [2.75, 3.05) is 13.9 Å². The first-order valence-electron chi connectivity index (χ1n) is 6.40. The van der Waals surface area contributed by atoms with Crippen molar-refractivity contribution < 1.29 is 9.47 Å². The molecule has 2 aromatic carbocycles. The van der Waals surface area contributed by atoms with Crippen LogP contribution in [0.4, 0.5) is 0 Å². The van der Waals surface area contributed by atoms with Gasteiger partial charge in [-0.2, -0.15) is 0 Å². The van der Waals surface area contributed by atoms with Crippen molar-refractivity contribution in [3.05, 3.63) is 58.3 Å². The summed E-state index contributed by atoms with van der Waals surface area (Å²) < 4.78 is 10.2. The summed E-state index contributed by atoms with van der Waals surface area (Å²) in [5, 5.41) is 1.38. The summed E-state index contributed by atoms with van der Waals surface area (Å²) in [5.74, 6) is 0. The lowest BCUT2D eigenvalue weighted by Gasteiger charge is -2.08. The van der Waals surface area contributed by atoms with E-state index in [2.05, 4.69) is 4.98 Å². The summed E-state index contributed by atoms with van der Waals surface area (Å²) in [6.45, 7) is 0.564. The van der Waals surface area contributed by atoms with Gasteiger partial charge in [0.05, 0.1) is 17.5 Å². The quantitative estimate of drug-likeness (QED) is 0.450. The van der Waals surface area contributed by atoms with E-state index in [-0.39, 0.29) is 12.2 Å². The Balaban J connectivity index is 2.22. The topological polar surface area (TPSA) is 51.3 Å². The molecule has 1 heterocycles. The molecule has 102 valence electrons. The fourth-order valence-electron chi connectivity index (χ4n) is 2.40. The van der Waals surface area contributed by atoms with Crippen LogP contribution in [-0.2, 0) is 16.1 Å². The maximum absolute atomic E-state index is 12.6. The lowest BCUT2D eigenvalue weighted by molar-refractivity contribution is -0.0387. The van der Waals surface area contributed by atoms with E-state index in [1.165, 1.54) is 0 Å². The zero-order valence-corrected chi connectivity index (χ0v) is 11.2. The summed E-state index contributed by atoms with van der Waals surface area (Å²) in [7, 11) is 1.57. The van der Waals surface area contributed by atoms with Gasteiger partial charge >= 0.3 is 0 Å². The van der Waals surface area contributed by atoms with Gasteiger partial charge < -0.3 is 14.5 Å². The monoisotopic (exact) mass is 269 g/mol. The van der Waals surface area contributed by atoms with Crippen LogP contribution in [0, 0.1) is 0 Å². The van der Waals surface area contributed by atoms with E-state index in [1.807, 2.05) is 42.5 Å². The number of hydrogen-bond acceptors (Lipinski definition) is 3. The first-order chi connectivity index (χ1) is 9.81. The number of para-hydroxylation sites is 1. The van der Waals surface area contributed by atoms with E-state index >= 15 is 0 Å². The number of ether oxygens (including phenoxy) is 2. The van der Waals surface area contributed by atoms with E-state index in [0.717, 1.165) is 16.6 Å². The fraction of sp³-hybridized carbons (Fsp3) is 0.188. The van der Waals surface area contributed by atoms with Crippen molar-refractivity contribution in [3.63, 3.8) is 0 Å². The molecular formula is C16H15NO3. The van der Waals surface area contributed by atoms with Crippen molar-refractivity contribution in [2.24, 2.45) is 0 Å². The summed E-state index contributed by atoms with van der Waals surface area (Å²) in [6, 6.07) is 13.2. The summed E-state index contributed by atoms with van der Waals surface area (Å²) in [5.41, 5.74) is 2.57. The number of methoxy groups -OCH3 is 1. The van der Waals surface area contributed by atoms with Crippen molar-refractivity contribution in [2.45, 2.75) is 6.61 Å². The highest BCUT2D eigenvalue weighted by molar-refractivity contribution is 5.93. The van der Waals surface area contributed by atoms with Crippen LogP contribution in [0.5, 0.6) is 0 Å². The van der Waals surface area contributed by atoms with E-state index in [9.17, 15) is 4.79 Å². The lowest BCUT2D eigenvalue weighted by Crippen LogP contribution is -2.08. The number of pyridine rings is 1. The second-order valence-electron chi connectivity index (χ2n) is 4.59. The molecule has 0 atom stereocenters. The maximum Gasteiger partial charge on any atom is 0.197 e. The summed E-state index contributed by atoms with van der Waals surface area (Å²) >= 11 is 0. The number of hydrogen-bond donors (Lipinski definition) is 1. The smallest absolute Gasteiger partial charge is 0.197 e. The highest BCUT2D eigenvalue weighted by Crippen LogP contribution is 2.18. The van der Waals surface area contributed by atoms with Crippen LogP contribution >= 0.6 is 0 Å². The van der Waals surface area contributed by atoms with Crippen LogP contribution in [0.1, 0.15) is 5.56 Å². The van der Waals surface area contributed by atoms with Gasteiger partial charge in [-0.15, -0.1) is 0 Å². The number of fused-ring (bicyclic) bond motifs is 2. The summed E-state index contributed by atoms with van der Waals surface area (Å²) in [4.78, 5) is 15.9. The number of aromatic amines is 1. The van der Waals surface area contributed by atoms with Crippen molar-refractivity contribution in [3.8, 4) is 0 Å². The van der Waals surface area contributed by atoms with Gasteiger partial charge in [0.25, 0.3) is 0 Å². The van der Waals surface area contributed by atoms with Gasteiger partial charge in [-0.25, -0.2) is 0 Å². The van der Waals surface area contributed by atoms with Gasteiger partial charge in [0, 0.05) is 18.0 Å². The predicted octanol–water partition coefficient (Wildman–Crippen LogP) is 2.80. The highest BCUT2D eigenvalue weighted by atomic mass is 16.7. The Bertz CT molecular complexity index is 808. The highest BCUT2D eigenvalue weighted by Gasteiger charge is 2.09.